The van der Waals surface area contributed by atoms with Gasteiger partial charge in [0.1, 0.15) is 6.20 Å². The number of nitrogens with zero attached hydrogens (tertiary/aromatic N) is 4. The lowest BCUT2D eigenvalue weighted by Gasteiger charge is -2.07. The van der Waals surface area contributed by atoms with Gasteiger partial charge in [0.25, 0.3) is 0 Å². The standard InChI is InChI=1S/C16H16N4O4/c1-12-2-4-13(5-3-12)11-24-9-8-18-6-7-19-10-14(20(22)23)17-15(19)16(18)21/h2-7,10H,8-9,11H2,1H3. The molecule has 24 heavy (non-hydrogen) atoms. The van der Waals surface area contributed by atoms with Crippen LogP contribution in [0.3, 0.4) is 0 Å². The van der Waals surface area contributed by atoms with Crippen molar-refractivity contribution in [2.75, 3.05) is 6.61 Å². The van der Waals surface area contributed by atoms with E-state index in [9.17, 15) is 14.9 Å². The lowest BCUT2D eigenvalue weighted by molar-refractivity contribution is -0.389. The average molecular weight is 328 g/mol. The summed E-state index contributed by atoms with van der Waals surface area (Å²) in [4.78, 5) is 26.1. The molecule has 0 aliphatic rings. The van der Waals surface area contributed by atoms with Crippen LogP contribution < -0.4 is 5.56 Å². The lowest BCUT2D eigenvalue weighted by Crippen LogP contribution is -2.23. The molecule has 0 unspecified atom stereocenters. The van der Waals surface area contributed by atoms with Gasteiger partial charge in [-0.2, -0.15) is 0 Å². The minimum absolute atomic E-state index is 0.0303. The van der Waals surface area contributed by atoms with E-state index in [2.05, 4.69) is 4.98 Å². The Morgan fingerprint density at radius 1 is 1.25 bits per heavy atom. The van der Waals surface area contributed by atoms with Crippen LogP contribution in [0, 0.1) is 17.0 Å². The van der Waals surface area contributed by atoms with Gasteiger partial charge in [-0.05, 0) is 22.4 Å². The Bertz CT molecular complexity index is 927. The van der Waals surface area contributed by atoms with Gasteiger partial charge >= 0.3 is 17.0 Å². The van der Waals surface area contributed by atoms with Crippen LogP contribution in [-0.2, 0) is 17.9 Å². The average Bonchev–Trinajstić information content (AvgIpc) is 3.00. The van der Waals surface area contributed by atoms with Gasteiger partial charge in [0.15, 0.2) is 0 Å². The molecule has 0 aliphatic heterocycles. The molecule has 0 N–H and O–H groups in total. The number of benzene rings is 1. The van der Waals surface area contributed by atoms with Gasteiger partial charge < -0.3 is 19.4 Å². The van der Waals surface area contributed by atoms with Crippen LogP contribution in [0.25, 0.3) is 5.65 Å². The number of hydrogen-bond acceptors (Lipinski definition) is 5. The molecule has 0 saturated carbocycles. The molecule has 0 saturated heterocycles. The molecule has 8 heteroatoms. The highest BCUT2D eigenvalue weighted by atomic mass is 16.6. The van der Waals surface area contributed by atoms with Gasteiger partial charge in [0, 0.05) is 18.9 Å². The van der Waals surface area contributed by atoms with Crippen LogP contribution in [0.4, 0.5) is 5.82 Å². The first-order valence-corrected chi connectivity index (χ1v) is 7.40. The van der Waals surface area contributed by atoms with Gasteiger partial charge in [-0.1, -0.05) is 29.8 Å². The Labute approximate surface area is 137 Å². The molecule has 0 amide bonds. The summed E-state index contributed by atoms with van der Waals surface area (Å²) in [7, 11) is 0. The molecule has 3 rings (SSSR count). The number of rotatable bonds is 6. The fourth-order valence-corrected chi connectivity index (χ4v) is 2.30. The van der Waals surface area contributed by atoms with E-state index in [1.54, 1.807) is 12.4 Å². The van der Waals surface area contributed by atoms with E-state index in [4.69, 9.17) is 4.74 Å². The van der Waals surface area contributed by atoms with Crippen molar-refractivity contribution >= 4 is 11.5 Å². The van der Waals surface area contributed by atoms with E-state index < -0.39 is 4.92 Å². The third-order valence-electron chi connectivity index (χ3n) is 3.63. The highest BCUT2D eigenvalue weighted by Gasteiger charge is 2.17. The monoisotopic (exact) mass is 328 g/mol. The maximum absolute atomic E-state index is 12.3. The predicted octanol–water partition coefficient (Wildman–Crippen LogP) is 1.93. The molecule has 124 valence electrons. The van der Waals surface area contributed by atoms with E-state index in [-0.39, 0.29) is 17.0 Å². The number of imidazole rings is 1. The SMILES string of the molecule is Cc1ccc(COCCn2ccn3cc([N+](=O)[O-])nc3c2=O)cc1. The first-order chi connectivity index (χ1) is 11.5. The molecular formula is C16H16N4O4. The largest absolute Gasteiger partial charge is 0.382 e. The molecule has 2 heterocycles. The summed E-state index contributed by atoms with van der Waals surface area (Å²) in [6.07, 6.45) is 4.35. The van der Waals surface area contributed by atoms with E-state index in [0.717, 1.165) is 5.56 Å². The molecule has 2 aromatic heterocycles. The lowest BCUT2D eigenvalue weighted by atomic mass is 10.2. The molecule has 8 nitrogen and oxygen atoms in total. The number of hydrogen-bond donors (Lipinski definition) is 0. The summed E-state index contributed by atoms with van der Waals surface area (Å²) in [6, 6.07) is 8.03. The fourth-order valence-electron chi connectivity index (χ4n) is 2.30. The summed E-state index contributed by atoms with van der Waals surface area (Å²) in [5, 5.41) is 10.7. The highest BCUT2D eigenvalue weighted by molar-refractivity contribution is 5.41. The van der Waals surface area contributed by atoms with E-state index in [1.165, 1.54) is 20.7 Å². The second-order valence-electron chi connectivity index (χ2n) is 5.42. The predicted molar refractivity (Wildman–Crippen MR) is 86.9 cm³/mol. The van der Waals surface area contributed by atoms with E-state index >= 15 is 0 Å². The van der Waals surface area contributed by atoms with Crippen molar-refractivity contribution in [3.63, 3.8) is 0 Å². The van der Waals surface area contributed by atoms with Crippen molar-refractivity contribution in [3.8, 4) is 0 Å². The van der Waals surface area contributed by atoms with Crippen LogP contribution in [0.1, 0.15) is 11.1 Å². The van der Waals surface area contributed by atoms with E-state index in [1.807, 2.05) is 31.2 Å². The fraction of sp³-hybridized carbons (Fsp3) is 0.250. The zero-order chi connectivity index (χ0) is 17.1. The summed E-state index contributed by atoms with van der Waals surface area (Å²) in [6.45, 7) is 3.19. The number of aryl methyl sites for hydroxylation is 1. The molecule has 0 aliphatic carbocycles. The van der Waals surface area contributed by atoms with Crippen LogP contribution in [0.2, 0.25) is 0 Å². The third-order valence-corrected chi connectivity index (χ3v) is 3.63. The van der Waals surface area contributed by atoms with Crippen molar-refractivity contribution in [1.82, 2.24) is 14.0 Å². The normalized spacial score (nSPS) is 11.0. The second kappa shape index (κ2) is 6.63. The van der Waals surface area contributed by atoms with Gasteiger partial charge in [-0.15, -0.1) is 0 Å². The maximum Gasteiger partial charge on any atom is 0.382 e. The number of ether oxygens (including phenoxy) is 1. The quantitative estimate of drug-likeness (QED) is 0.392. The van der Waals surface area contributed by atoms with Crippen LogP contribution in [0.15, 0.2) is 47.7 Å². The van der Waals surface area contributed by atoms with Crippen molar-refractivity contribution in [2.24, 2.45) is 0 Å². The number of fused-ring (bicyclic) bond motifs is 1. The molecule has 0 spiro atoms. The van der Waals surface area contributed by atoms with Crippen molar-refractivity contribution in [3.05, 3.63) is 74.5 Å². The van der Waals surface area contributed by atoms with Crippen LogP contribution >= 0.6 is 0 Å². The zero-order valence-corrected chi connectivity index (χ0v) is 13.1. The topological polar surface area (TPSA) is 91.7 Å². The molecular weight excluding hydrogens is 312 g/mol. The van der Waals surface area contributed by atoms with Gasteiger partial charge in [-0.3, -0.25) is 9.20 Å². The van der Waals surface area contributed by atoms with Gasteiger partial charge in [-0.25, -0.2) is 0 Å². The smallest absolute Gasteiger partial charge is 0.375 e. The molecule has 0 bridgehead atoms. The zero-order valence-electron chi connectivity index (χ0n) is 13.1. The van der Waals surface area contributed by atoms with Crippen molar-refractivity contribution in [2.45, 2.75) is 20.1 Å². The molecule has 0 fully saturated rings. The third kappa shape index (κ3) is 3.33. The highest BCUT2D eigenvalue weighted by Crippen LogP contribution is 2.08. The summed E-state index contributed by atoms with van der Waals surface area (Å²) in [5.74, 6) is -0.347. The van der Waals surface area contributed by atoms with Crippen LogP contribution in [-0.4, -0.2) is 25.5 Å². The Hall–Kier alpha value is -3.00. The Morgan fingerprint density at radius 2 is 2.00 bits per heavy atom. The minimum atomic E-state index is -0.624. The maximum atomic E-state index is 12.3. The molecule has 1 aromatic carbocycles. The summed E-state index contributed by atoms with van der Waals surface area (Å²) >= 11 is 0. The van der Waals surface area contributed by atoms with Crippen molar-refractivity contribution in [1.29, 1.82) is 0 Å². The van der Waals surface area contributed by atoms with Crippen LogP contribution in [0.5, 0.6) is 0 Å². The van der Waals surface area contributed by atoms with Gasteiger partial charge in [0.05, 0.1) is 13.2 Å². The number of aromatic nitrogens is 3. The second-order valence-corrected chi connectivity index (χ2v) is 5.42. The Morgan fingerprint density at radius 3 is 2.71 bits per heavy atom. The summed E-state index contributed by atoms with van der Waals surface area (Å²) in [5.41, 5.74) is 1.90. The summed E-state index contributed by atoms with van der Waals surface area (Å²) < 4.78 is 8.36. The van der Waals surface area contributed by atoms with Crippen molar-refractivity contribution < 1.29 is 9.66 Å². The number of nitro groups is 1. The Kier molecular flexibility index (Phi) is 4.39. The molecule has 0 radical (unpaired) electrons. The van der Waals surface area contributed by atoms with Gasteiger partial charge in [0.2, 0.25) is 0 Å². The Balaban J connectivity index is 1.64. The molecule has 0 atom stereocenters. The van der Waals surface area contributed by atoms with E-state index in [0.29, 0.717) is 19.8 Å². The first-order valence-electron chi connectivity index (χ1n) is 7.40. The molecule has 3 aromatic rings. The first kappa shape index (κ1) is 15.9. The minimum Gasteiger partial charge on any atom is -0.375 e.